The first-order valence-electron chi connectivity index (χ1n) is 8.86. The van der Waals surface area contributed by atoms with Crippen LogP contribution < -0.4 is 5.43 Å². The second-order valence-corrected chi connectivity index (χ2v) is 5.93. The molecule has 4 rings (SSSR count). The van der Waals surface area contributed by atoms with Crippen molar-refractivity contribution in [1.82, 2.24) is 0 Å². The molecular weight excluding hydrogens is 376 g/mol. The maximum absolute atomic E-state index is 11.8. The molecule has 2 aromatic carbocycles. The standard InChI is InChI=1S/C20H12O7.C2H6/c21-13-7-5-11-15(9-3-1-2-4-10(9)20(25)26)12-6-8-14(22)17(24)19(12)27-18(11)16(13)23;1-2/h1-8,21,23-24H,(H,25,26);1-2H3. The summed E-state index contributed by atoms with van der Waals surface area (Å²) < 4.78 is 5.52. The van der Waals surface area contributed by atoms with Crippen LogP contribution in [0.2, 0.25) is 0 Å². The van der Waals surface area contributed by atoms with Gasteiger partial charge in [0.15, 0.2) is 17.1 Å². The van der Waals surface area contributed by atoms with Gasteiger partial charge in [-0.05, 0) is 35.9 Å². The van der Waals surface area contributed by atoms with Gasteiger partial charge in [-0.2, -0.15) is 0 Å². The summed E-state index contributed by atoms with van der Waals surface area (Å²) in [5.41, 5.74) is 0.0537. The molecule has 0 spiro atoms. The van der Waals surface area contributed by atoms with Crippen LogP contribution in [0.25, 0.3) is 33.4 Å². The van der Waals surface area contributed by atoms with Gasteiger partial charge in [0, 0.05) is 16.5 Å². The Balaban J connectivity index is 0.00000117. The van der Waals surface area contributed by atoms with Gasteiger partial charge in [-0.1, -0.05) is 32.0 Å². The Labute approximate surface area is 165 Å². The van der Waals surface area contributed by atoms with Crippen molar-refractivity contribution in [2.75, 3.05) is 0 Å². The summed E-state index contributed by atoms with van der Waals surface area (Å²) in [7, 11) is 0. The third-order valence-corrected chi connectivity index (χ3v) is 4.37. The normalized spacial score (nSPS) is 10.6. The summed E-state index contributed by atoms with van der Waals surface area (Å²) in [4.78, 5) is 23.5. The predicted octanol–water partition coefficient (Wildman–Crippen LogP) is 4.41. The number of hydrogen-bond acceptors (Lipinski definition) is 6. The number of carbonyl (C=O) groups is 1. The molecule has 1 heterocycles. The first-order valence-corrected chi connectivity index (χ1v) is 8.86. The summed E-state index contributed by atoms with van der Waals surface area (Å²) in [5, 5.41) is 40.0. The first kappa shape index (κ1) is 19.8. The molecule has 0 amide bonds. The quantitative estimate of drug-likeness (QED) is 0.293. The number of carboxylic acid groups (broad SMARTS) is 1. The maximum Gasteiger partial charge on any atom is 0.336 e. The molecule has 148 valence electrons. The van der Waals surface area contributed by atoms with Crippen LogP contribution in [-0.2, 0) is 0 Å². The Hall–Kier alpha value is -4.00. The monoisotopic (exact) mass is 394 g/mol. The largest absolute Gasteiger partial charge is 0.504 e. The molecule has 0 unspecified atom stereocenters. The second-order valence-electron chi connectivity index (χ2n) is 5.93. The number of benzene rings is 3. The first-order chi connectivity index (χ1) is 13.9. The lowest BCUT2D eigenvalue weighted by atomic mass is 9.90. The van der Waals surface area contributed by atoms with Crippen LogP contribution >= 0.6 is 0 Å². The van der Waals surface area contributed by atoms with Crippen molar-refractivity contribution in [2.45, 2.75) is 13.8 Å². The lowest BCUT2D eigenvalue weighted by Gasteiger charge is -2.17. The van der Waals surface area contributed by atoms with Crippen LogP contribution in [0.15, 0.2) is 57.7 Å². The molecule has 29 heavy (non-hydrogen) atoms. The minimum absolute atomic E-state index is 0.00967. The Kier molecular flexibility index (Phi) is 5.14. The van der Waals surface area contributed by atoms with Crippen molar-refractivity contribution in [1.29, 1.82) is 0 Å². The Bertz CT molecular complexity index is 1250. The van der Waals surface area contributed by atoms with E-state index in [-0.39, 0.29) is 16.9 Å². The summed E-state index contributed by atoms with van der Waals surface area (Å²) in [6.45, 7) is 4.00. The van der Waals surface area contributed by atoms with Crippen molar-refractivity contribution in [3.8, 4) is 39.7 Å². The maximum atomic E-state index is 11.8. The zero-order chi connectivity index (χ0) is 21.3. The van der Waals surface area contributed by atoms with Crippen LogP contribution in [0, 0.1) is 0 Å². The van der Waals surface area contributed by atoms with Crippen LogP contribution in [0.4, 0.5) is 0 Å². The molecule has 7 heteroatoms. The van der Waals surface area contributed by atoms with Crippen molar-refractivity contribution in [3.05, 3.63) is 64.3 Å². The number of hydrogen-bond donors (Lipinski definition) is 4. The number of phenols is 3. The van der Waals surface area contributed by atoms with Crippen molar-refractivity contribution in [2.24, 2.45) is 0 Å². The van der Waals surface area contributed by atoms with Crippen LogP contribution in [-0.4, -0.2) is 26.4 Å². The van der Waals surface area contributed by atoms with E-state index in [0.717, 1.165) is 6.07 Å². The highest BCUT2D eigenvalue weighted by molar-refractivity contribution is 6.09. The Morgan fingerprint density at radius 2 is 1.55 bits per heavy atom. The van der Waals surface area contributed by atoms with E-state index in [1.807, 2.05) is 13.8 Å². The van der Waals surface area contributed by atoms with E-state index in [1.54, 1.807) is 18.2 Å². The fourth-order valence-electron chi connectivity index (χ4n) is 3.14. The van der Waals surface area contributed by atoms with Crippen LogP contribution in [0.1, 0.15) is 24.2 Å². The molecule has 0 aromatic heterocycles. The fourth-order valence-corrected chi connectivity index (χ4v) is 3.14. The van der Waals surface area contributed by atoms with E-state index in [0.29, 0.717) is 22.1 Å². The Morgan fingerprint density at radius 3 is 2.24 bits per heavy atom. The van der Waals surface area contributed by atoms with Gasteiger partial charge in [-0.15, -0.1) is 0 Å². The molecule has 4 N–H and O–H groups in total. The Morgan fingerprint density at radius 1 is 0.862 bits per heavy atom. The lowest BCUT2D eigenvalue weighted by Crippen LogP contribution is -2.04. The second kappa shape index (κ2) is 7.55. The van der Waals surface area contributed by atoms with Gasteiger partial charge in [0.1, 0.15) is 0 Å². The van der Waals surface area contributed by atoms with E-state index in [2.05, 4.69) is 0 Å². The number of carboxylic acids is 1. The van der Waals surface area contributed by atoms with Gasteiger partial charge in [0.05, 0.1) is 5.56 Å². The third-order valence-electron chi connectivity index (χ3n) is 4.37. The van der Waals surface area contributed by atoms with Gasteiger partial charge in [-0.25, -0.2) is 4.79 Å². The number of aromatic carboxylic acids is 1. The topological polar surface area (TPSA) is 128 Å². The van der Waals surface area contributed by atoms with Crippen molar-refractivity contribution >= 4 is 16.9 Å². The minimum atomic E-state index is -1.17. The number of aromatic hydroxyl groups is 3. The minimum Gasteiger partial charge on any atom is -0.504 e. The van der Waals surface area contributed by atoms with Crippen molar-refractivity contribution < 1.29 is 29.6 Å². The summed E-state index contributed by atoms with van der Waals surface area (Å²) in [6.07, 6.45) is 0. The highest BCUT2D eigenvalue weighted by Gasteiger charge is 2.25. The number of fused-ring (bicyclic) bond motifs is 2. The summed E-state index contributed by atoms with van der Waals surface area (Å²) >= 11 is 0. The lowest BCUT2D eigenvalue weighted by molar-refractivity contribution is 0.0697. The van der Waals surface area contributed by atoms with E-state index in [1.165, 1.54) is 24.3 Å². The fraction of sp³-hybridized carbons (Fsp3) is 0.0909. The molecule has 1 aliphatic heterocycles. The van der Waals surface area contributed by atoms with Crippen LogP contribution in [0.5, 0.6) is 17.2 Å². The predicted molar refractivity (Wildman–Crippen MR) is 108 cm³/mol. The zero-order valence-electron chi connectivity index (χ0n) is 15.6. The molecule has 0 saturated carbocycles. The van der Waals surface area contributed by atoms with Gasteiger partial charge in [0.2, 0.25) is 16.9 Å². The molecule has 0 bridgehead atoms. The molecule has 2 aliphatic rings. The van der Waals surface area contributed by atoms with E-state index >= 15 is 0 Å². The molecule has 2 aromatic rings. The van der Waals surface area contributed by atoms with E-state index in [9.17, 15) is 30.0 Å². The third kappa shape index (κ3) is 3.12. The van der Waals surface area contributed by atoms with Gasteiger partial charge >= 0.3 is 5.97 Å². The molecule has 0 fully saturated rings. The molecular formula is C22H18O7. The average molecular weight is 394 g/mol. The molecule has 7 nitrogen and oxygen atoms in total. The molecule has 0 saturated heterocycles. The average Bonchev–Trinajstić information content (AvgIpc) is 2.74. The summed E-state index contributed by atoms with van der Waals surface area (Å²) in [5.74, 6) is -3.10. The zero-order valence-corrected chi connectivity index (χ0v) is 15.6. The van der Waals surface area contributed by atoms with E-state index in [4.69, 9.17) is 4.42 Å². The van der Waals surface area contributed by atoms with E-state index < -0.39 is 28.6 Å². The number of rotatable bonds is 2. The highest BCUT2D eigenvalue weighted by atomic mass is 16.4. The van der Waals surface area contributed by atoms with Gasteiger partial charge < -0.3 is 24.8 Å². The van der Waals surface area contributed by atoms with Crippen LogP contribution in [0.3, 0.4) is 0 Å². The molecule has 0 atom stereocenters. The van der Waals surface area contributed by atoms with Gasteiger partial charge in [-0.3, -0.25) is 4.79 Å². The smallest absolute Gasteiger partial charge is 0.336 e. The SMILES string of the molecule is CC.O=C(O)c1ccccc1-c1c2ccc(=O)c(O)c-2oc2c(O)c(O)ccc12. The molecule has 0 radical (unpaired) electrons. The highest BCUT2D eigenvalue weighted by Crippen LogP contribution is 2.47. The molecule has 1 aliphatic carbocycles. The number of phenolic OH excluding ortho intramolecular Hbond substituents is 3. The van der Waals surface area contributed by atoms with Crippen molar-refractivity contribution in [3.63, 3.8) is 0 Å². The summed E-state index contributed by atoms with van der Waals surface area (Å²) in [6, 6.07) is 11.5. The van der Waals surface area contributed by atoms with Gasteiger partial charge in [0.25, 0.3) is 0 Å².